The van der Waals surface area contributed by atoms with E-state index in [4.69, 9.17) is 11.6 Å². The third-order valence-electron chi connectivity index (χ3n) is 2.73. The summed E-state index contributed by atoms with van der Waals surface area (Å²) >= 11 is 5.88. The van der Waals surface area contributed by atoms with Crippen molar-refractivity contribution in [3.8, 4) is 0 Å². The van der Waals surface area contributed by atoms with Crippen LogP contribution in [0.2, 0.25) is 5.02 Å². The molecule has 0 radical (unpaired) electrons. The number of carbonyl (C=O) groups is 2. The highest BCUT2D eigenvalue weighted by molar-refractivity contribution is 6.33. The quantitative estimate of drug-likeness (QED) is 0.918. The zero-order valence-electron chi connectivity index (χ0n) is 11.8. The number of hydrogen-bond acceptors (Lipinski definition) is 3. The highest BCUT2D eigenvalue weighted by Gasteiger charge is 2.31. The van der Waals surface area contributed by atoms with E-state index in [2.05, 4.69) is 10.1 Å². The summed E-state index contributed by atoms with van der Waals surface area (Å²) in [5.41, 5.74) is -0.991. The van der Waals surface area contributed by atoms with Crippen LogP contribution in [0.25, 0.3) is 0 Å². The van der Waals surface area contributed by atoms with Gasteiger partial charge in [-0.25, -0.2) is 4.79 Å². The van der Waals surface area contributed by atoms with E-state index in [-0.39, 0.29) is 23.8 Å². The number of anilines is 1. The molecule has 1 aromatic carbocycles. The number of benzene rings is 1. The van der Waals surface area contributed by atoms with Crippen molar-refractivity contribution in [3.05, 3.63) is 28.8 Å². The molecule has 0 unspecified atom stereocenters. The number of carbonyl (C=O) groups excluding carboxylic acids is 2. The van der Waals surface area contributed by atoms with Gasteiger partial charge >= 0.3 is 12.3 Å². The van der Waals surface area contributed by atoms with Gasteiger partial charge in [-0.15, -0.1) is 0 Å². The molecule has 0 fully saturated rings. The molecular formula is C13H14ClF3N2O3. The molecule has 2 amide bonds. The minimum atomic E-state index is -4.55. The Bertz CT molecular complexity index is 564. The second kappa shape index (κ2) is 7.35. The number of alkyl halides is 3. The van der Waals surface area contributed by atoms with Gasteiger partial charge in [0.05, 0.1) is 23.4 Å². The molecule has 0 aliphatic carbocycles. The highest BCUT2D eigenvalue weighted by Crippen LogP contribution is 2.35. The first-order valence-electron chi connectivity index (χ1n) is 6.13. The summed E-state index contributed by atoms with van der Waals surface area (Å²) in [5.74, 6) is -0.507. The Hall–Kier alpha value is -1.96. The van der Waals surface area contributed by atoms with Crippen molar-refractivity contribution >= 4 is 29.3 Å². The molecule has 0 saturated heterocycles. The molecule has 0 bridgehead atoms. The minimum absolute atomic E-state index is 0.00116. The molecule has 1 N–H and O–H groups in total. The Kier molecular flexibility index (Phi) is 6.04. The van der Waals surface area contributed by atoms with E-state index in [0.717, 1.165) is 23.1 Å². The number of amides is 2. The number of alkyl carbamates (subject to hydrolysis) is 1. The Balaban J connectivity index is 3.00. The molecule has 0 aromatic heterocycles. The second-order valence-corrected chi connectivity index (χ2v) is 4.66. The molecule has 5 nitrogen and oxygen atoms in total. The fourth-order valence-electron chi connectivity index (χ4n) is 1.69. The number of rotatable bonds is 4. The van der Waals surface area contributed by atoms with Gasteiger partial charge in [0, 0.05) is 20.0 Å². The number of nitrogens with zero attached hydrogens (tertiary/aromatic N) is 1. The van der Waals surface area contributed by atoms with Gasteiger partial charge in [0.15, 0.2) is 0 Å². The third kappa shape index (κ3) is 4.80. The van der Waals surface area contributed by atoms with E-state index in [1.165, 1.54) is 14.0 Å². The molecule has 0 spiro atoms. The second-order valence-electron chi connectivity index (χ2n) is 4.25. The van der Waals surface area contributed by atoms with Crippen LogP contribution >= 0.6 is 11.6 Å². The smallest absolute Gasteiger partial charge is 0.416 e. The molecule has 9 heteroatoms. The van der Waals surface area contributed by atoms with Gasteiger partial charge in [0.1, 0.15) is 0 Å². The van der Waals surface area contributed by atoms with Crippen LogP contribution in [0.3, 0.4) is 0 Å². The van der Waals surface area contributed by atoms with Crippen LogP contribution < -0.4 is 10.2 Å². The number of methoxy groups -OCH3 is 1. The van der Waals surface area contributed by atoms with Gasteiger partial charge < -0.3 is 15.0 Å². The monoisotopic (exact) mass is 338 g/mol. The molecule has 22 heavy (non-hydrogen) atoms. The first-order valence-corrected chi connectivity index (χ1v) is 6.51. The normalized spacial score (nSPS) is 11.0. The fraction of sp³-hybridized carbons (Fsp3) is 0.385. The lowest BCUT2D eigenvalue weighted by molar-refractivity contribution is -0.137. The number of nitrogens with one attached hydrogen (secondary N) is 1. The maximum atomic E-state index is 12.7. The van der Waals surface area contributed by atoms with Crippen molar-refractivity contribution in [2.45, 2.75) is 13.1 Å². The summed E-state index contributed by atoms with van der Waals surface area (Å²) in [5, 5.41) is 2.33. The molecule has 0 aliphatic heterocycles. The average Bonchev–Trinajstić information content (AvgIpc) is 2.42. The van der Waals surface area contributed by atoms with E-state index < -0.39 is 23.7 Å². The Morgan fingerprint density at radius 2 is 2.00 bits per heavy atom. The number of ether oxygens (including phenoxy) is 1. The molecule has 0 atom stereocenters. The SMILES string of the molecule is COC(=O)NCCN(C(C)=O)c1cc(C(F)(F)F)ccc1Cl. The van der Waals surface area contributed by atoms with E-state index in [1.54, 1.807) is 0 Å². The molecule has 1 rings (SSSR count). The van der Waals surface area contributed by atoms with Gasteiger partial charge in [0.25, 0.3) is 0 Å². The summed E-state index contributed by atoms with van der Waals surface area (Å²) in [4.78, 5) is 23.6. The molecule has 0 heterocycles. The van der Waals surface area contributed by atoms with E-state index in [9.17, 15) is 22.8 Å². The topological polar surface area (TPSA) is 58.6 Å². The van der Waals surface area contributed by atoms with Crippen molar-refractivity contribution in [3.63, 3.8) is 0 Å². The molecular weight excluding hydrogens is 325 g/mol. The Morgan fingerprint density at radius 3 is 2.50 bits per heavy atom. The zero-order chi connectivity index (χ0) is 16.9. The van der Waals surface area contributed by atoms with Crippen LogP contribution in [0.4, 0.5) is 23.7 Å². The van der Waals surface area contributed by atoms with Gasteiger partial charge in [0.2, 0.25) is 5.91 Å². The minimum Gasteiger partial charge on any atom is -0.453 e. The van der Waals surface area contributed by atoms with Crippen LogP contribution in [-0.4, -0.2) is 32.2 Å². The van der Waals surface area contributed by atoms with Crippen molar-refractivity contribution in [2.24, 2.45) is 0 Å². The summed E-state index contributed by atoms with van der Waals surface area (Å²) in [6.07, 6.45) is -5.26. The van der Waals surface area contributed by atoms with Crippen LogP contribution in [0.5, 0.6) is 0 Å². The van der Waals surface area contributed by atoms with Gasteiger partial charge in [-0.2, -0.15) is 13.2 Å². The maximum absolute atomic E-state index is 12.7. The fourth-order valence-corrected chi connectivity index (χ4v) is 1.90. The van der Waals surface area contributed by atoms with E-state index in [0.29, 0.717) is 0 Å². The first kappa shape index (κ1) is 18.1. The first-order chi connectivity index (χ1) is 10.2. The maximum Gasteiger partial charge on any atom is 0.416 e. The summed E-state index contributed by atoms with van der Waals surface area (Å²) < 4.78 is 42.6. The summed E-state index contributed by atoms with van der Waals surface area (Å²) in [6.45, 7) is 1.14. The lowest BCUT2D eigenvalue weighted by Crippen LogP contribution is -2.37. The third-order valence-corrected chi connectivity index (χ3v) is 3.05. The highest BCUT2D eigenvalue weighted by atomic mass is 35.5. The summed E-state index contributed by atoms with van der Waals surface area (Å²) in [7, 11) is 1.17. The van der Waals surface area contributed by atoms with E-state index in [1.807, 2.05) is 0 Å². The number of hydrogen-bond donors (Lipinski definition) is 1. The van der Waals surface area contributed by atoms with Gasteiger partial charge in [-0.05, 0) is 18.2 Å². The molecule has 122 valence electrons. The van der Waals surface area contributed by atoms with Crippen LogP contribution in [0.15, 0.2) is 18.2 Å². The van der Waals surface area contributed by atoms with Crippen molar-refractivity contribution in [1.82, 2.24) is 5.32 Å². The Morgan fingerprint density at radius 1 is 1.36 bits per heavy atom. The van der Waals surface area contributed by atoms with Crippen LogP contribution in [0.1, 0.15) is 12.5 Å². The predicted molar refractivity (Wildman–Crippen MR) is 74.9 cm³/mol. The van der Waals surface area contributed by atoms with Crippen molar-refractivity contribution in [2.75, 3.05) is 25.1 Å². The molecule has 0 aliphatic rings. The largest absolute Gasteiger partial charge is 0.453 e. The van der Waals surface area contributed by atoms with Crippen LogP contribution in [0, 0.1) is 0 Å². The molecule has 1 aromatic rings. The number of halogens is 4. The van der Waals surface area contributed by atoms with Crippen molar-refractivity contribution in [1.29, 1.82) is 0 Å². The van der Waals surface area contributed by atoms with E-state index >= 15 is 0 Å². The zero-order valence-corrected chi connectivity index (χ0v) is 12.6. The van der Waals surface area contributed by atoms with Gasteiger partial charge in [-0.3, -0.25) is 4.79 Å². The average molecular weight is 339 g/mol. The van der Waals surface area contributed by atoms with Gasteiger partial charge in [-0.1, -0.05) is 11.6 Å². The van der Waals surface area contributed by atoms with Crippen molar-refractivity contribution < 1.29 is 27.5 Å². The lowest BCUT2D eigenvalue weighted by atomic mass is 10.1. The Labute approximate surface area is 130 Å². The predicted octanol–water partition coefficient (Wildman–Crippen LogP) is 3.07. The summed E-state index contributed by atoms with van der Waals surface area (Å²) in [6, 6.07) is 2.70. The molecule has 0 saturated carbocycles. The van der Waals surface area contributed by atoms with Crippen LogP contribution in [-0.2, 0) is 15.7 Å². The lowest BCUT2D eigenvalue weighted by Gasteiger charge is -2.23. The standard InChI is InChI=1S/C13H14ClF3N2O3/c1-8(20)19(6-5-18-12(21)22-2)11-7-9(13(15,16)17)3-4-10(11)14/h3-4,7H,5-6H2,1-2H3,(H,18,21).